The maximum atomic E-state index is 13.9. The number of hydrogen-bond acceptors (Lipinski definition) is 1. The average Bonchev–Trinajstić information content (AvgIpc) is 2.33. The fourth-order valence-electron chi connectivity index (χ4n) is 1.67. The van der Waals surface area contributed by atoms with E-state index in [4.69, 9.17) is 5.26 Å². The zero-order valence-electron chi connectivity index (χ0n) is 8.87. The predicted octanol–water partition coefficient (Wildman–Crippen LogP) is 3.67. The third kappa shape index (κ3) is 1.68. The Kier molecular flexibility index (Phi) is 2.70. The Morgan fingerprint density at radius 2 is 1.69 bits per heavy atom. The van der Waals surface area contributed by atoms with Gasteiger partial charge in [0.15, 0.2) is 0 Å². The molecule has 78 valence electrons. The number of nitriles is 1. The molecule has 2 aromatic rings. The van der Waals surface area contributed by atoms with Gasteiger partial charge in [0.2, 0.25) is 0 Å². The standard InChI is InChI=1S/C14H10FN/c1-10-5-4-8-13(14(10)15)12-7-3-2-6-11(12)9-16/h2-8H,1H3. The summed E-state index contributed by atoms with van der Waals surface area (Å²) in [6, 6.07) is 14.3. The van der Waals surface area contributed by atoms with Crippen molar-refractivity contribution in [1.29, 1.82) is 5.26 Å². The topological polar surface area (TPSA) is 23.8 Å². The van der Waals surface area contributed by atoms with Crippen LogP contribution in [-0.2, 0) is 0 Å². The number of aryl methyl sites for hydroxylation is 1. The van der Waals surface area contributed by atoms with Crippen LogP contribution in [0.5, 0.6) is 0 Å². The van der Waals surface area contributed by atoms with Crippen LogP contribution in [0.4, 0.5) is 4.39 Å². The fourth-order valence-corrected chi connectivity index (χ4v) is 1.67. The molecule has 0 radical (unpaired) electrons. The maximum Gasteiger partial charge on any atom is 0.133 e. The number of hydrogen-bond donors (Lipinski definition) is 0. The van der Waals surface area contributed by atoms with E-state index in [9.17, 15) is 4.39 Å². The molecule has 2 aromatic carbocycles. The van der Waals surface area contributed by atoms with Crippen LogP contribution in [0.25, 0.3) is 11.1 Å². The monoisotopic (exact) mass is 211 g/mol. The van der Waals surface area contributed by atoms with E-state index in [1.54, 1.807) is 49.4 Å². The lowest BCUT2D eigenvalue weighted by Gasteiger charge is -2.07. The second-order valence-corrected chi connectivity index (χ2v) is 3.59. The molecule has 0 saturated carbocycles. The first-order valence-corrected chi connectivity index (χ1v) is 4.98. The molecule has 0 atom stereocenters. The van der Waals surface area contributed by atoms with Crippen LogP contribution in [0.2, 0.25) is 0 Å². The van der Waals surface area contributed by atoms with Crippen molar-refractivity contribution in [2.75, 3.05) is 0 Å². The van der Waals surface area contributed by atoms with Gasteiger partial charge in [-0.2, -0.15) is 5.26 Å². The normalized spacial score (nSPS) is 9.81. The van der Waals surface area contributed by atoms with Gasteiger partial charge in [-0.05, 0) is 18.6 Å². The van der Waals surface area contributed by atoms with Gasteiger partial charge in [0.05, 0.1) is 11.6 Å². The van der Waals surface area contributed by atoms with Gasteiger partial charge < -0.3 is 0 Å². The molecule has 0 fully saturated rings. The van der Waals surface area contributed by atoms with Gasteiger partial charge in [-0.15, -0.1) is 0 Å². The minimum atomic E-state index is -0.259. The van der Waals surface area contributed by atoms with Crippen molar-refractivity contribution < 1.29 is 4.39 Å². The van der Waals surface area contributed by atoms with E-state index < -0.39 is 0 Å². The molecule has 0 aromatic heterocycles. The largest absolute Gasteiger partial charge is 0.206 e. The summed E-state index contributed by atoms with van der Waals surface area (Å²) in [6.45, 7) is 1.72. The molecule has 2 rings (SSSR count). The Morgan fingerprint density at radius 1 is 1.00 bits per heavy atom. The molecule has 0 N–H and O–H groups in total. The zero-order chi connectivity index (χ0) is 11.5. The molecule has 0 aliphatic heterocycles. The van der Waals surface area contributed by atoms with Crippen molar-refractivity contribution >= 4 is 0 Å². The van der Waals surface area contributed by atoms with Crippen molar-refractivity contribution in [1.82, 2.24) is 0 Å². The van der Waals surface area contributed by atoms with Crippen LogP contribution in [0.15, 0.2) is 42.5 Å². The van der Waals surface area contributed by atoms with Gasteiger partial charge in [0.25, 0.3) is 0 Å². The number of halogens is 1. The van der Waals surface area contributed by atoms with Gasteiger partial charge in [-0.25, -0.2) is 4.39 Å². The van der Waals surface area contributed by atoms with Crippen LogP contribution in [-0.4, -0.2) is 0 Å². The van der Waals surface area contributed by atoms with Crippen LogP contribution in [0.1, 0.15) is 11.1 Å². The number of nitrogens with zero attached hydrogens (tertiary/aromatic N) is 1. The first-order valence-electron chi connectivity index (χ1n) is 4.98. The summed E-state index contributed by atoms with van der Waals surface area (Å²) >= 11 is 0. The molecule has 2 heteroatoms. The van der Waals surface area contributed by atoms with Crippen molar-refractivity contribution in [3.8, 4) is 17.2 Å². The SMILES string of the molecule is Cc1cccc(-c2ccccc2C#N)c1F. The molecule has 16 heavy (non-hydrogen) atoms. The highest BCUT2D eigenvalue weighted by atomic mass is 19.1. The lowest BCUT2D eigenvalue weighted by molar-refractivity contribution is 0.622. The van der Waals surface area contributed by atoms with Crippen molar-refractivity contribution in [3.63, 3.8) is 0 Å². The molecule has 0 heterocycles. The fraction of sp³-hybridized carbons (Fsp3) is 0.0714. The summed E-state index contributed by atoms with van der Waals surface area (Å²) in [5, 5.41) is 8.97. The van der Waals surface area contributed by atoms with E-state index in [1.165, 1.54) is 0 Å². The zero-order valence-corrected chi connectivity index (χ0v) is 8.87. The molecule has 0 aliphatic carbocycles. The summed E-state index contributed by atoms with van der Waals surface area (Å²) < 4.78 is 13.9. The summed E-state index contributed by atoms with van der Waals surface area (Å²) in [7, 11) is 0. The van der Waals surface area contributed by atoms with Gasteiger partial charge in [0, 0.05) is 11.1 Å². The van der Waals surface area contributed by atoms with Gasteiger partial charge in [-0.1, -0.05) is 36.4 Å². The van der Waals surface area contributed by atoms with E-state index in [1.807, 2.05) is 0 Å². The molecule has 1 nitrogen and oxygen atoms in total. The molecule has 0 aliphatic rings. The second kappa shape index (κ2) is 4.16. The highest BCUT2D eigenvalue weighted by Gasteiger charge is 2.10. The van der Waals surface area contributed by atoms with E-state index in [0.717, 1.165) is 0 Å². The van der Waals surface area contributed by atoms with E-state index in [0.29, 0.717) is 22.3 Å². The number of benzene rings is 2. The van der Waals surface area contributed by atoms with Crippen molar-refractivity contribution in [2.24, 2.45) is 0 Å². The minimum Gasteiger partial charge on any atom is -0.206 e. The lowest BCUT2D eigenvalue weighted by Crippen LogP contribution is -1.90. The van der Waals surface area contributed by atoms with E-state index >= 15 is 0 Å². The summed E-state index contributed by atoms with van der Waals surface area (Å²) in [4.78, 5) is 0. The molecule has 0 unspecified atom stereocenters. The molecular weight excluding hydrogens is 201 g/mol. The van der Waals surface area contributed by atoms with Crippen LogP contribution < -0.4 is 0 Å². The Labute approximate surface area is 93.8 Å². The lowest BCUT2D eigenvalue weighted by atomic mass is 9.98. The van der Waals surface area contributed by atoms with Gasteiger partial charge in [0.1, 0.15) is 5.82 Å². The Balaban J connectivity index is 2.69. The summed E-state index contributed by atoms with van der Waals surface area (Å²) in [5.41, 5.74) is 2.21. The Hall–Kier alpha value is -2.14. The summed E-state index contributed by atoms with van der Waals surface area (Å²) in [6.07, 6.45) is 0. The molecule has 0 spiro atoms. The highest BCUT2D eigenvalue weighted by Crippen LogP contribution is 2.27. The Bertz CT molecular complexity index is 567. The average molecular weight is 211 g/mol. The second-order valence-electron chi connectivity index (χ2n) is 3.59. The molecule has 0 saturated heterocycles. The van der Waals surface area contributed by atoms with E-state index in [2.05, 4.69) is 6.07 Å². The van der Waals surface area contributed by atoms with Gasteiger partial charge >= 0.3 is 0 Å². The van der Waals surface area contributed by atoms with Gasteiger partial charge in [-0.3, -0.25) is 0 Å². The van der Waals surface area contributed by atoms with Crippen LogP contribution in [0, 0.1) is 24.1 Å². The first-order chi connectivity index (χ1) is 7.74. The molecular formula is C14H10FN. The highest BCUT2D eigenvalue weighted by molar-refractivity contribution is 5.71. The third-order valence-corrected chi connectivity index (χ3v) is 2.53. The quantitative estimate of drug-likeness (QED) is 0.706. The summed E-state index contributed by atoms with van der Waals surface area (Å²) in [5.74, 6) is -0.259. The van der Waals surface area contributed by atoms with Crippen molar-refractivity contribution in [3.05, 3.63) is 59.4 Å². The van der Waals surface area contributed by atoms with E-state index in [-0.39, 0.29) is 5.82 Å². The van der Waals surface area contributed by atoms with Crippen molar-refractivity contribution in [2.45, 2.75) is 6.92 Å². The Morgan fingerprint density at radius 3 is 2.44 bits per heavy atom. The smallest absolute Gasteiger partial charge is 0.133 e. The first kappa shape index (κ1) is 10.4. The molecule has 0 bridgehead atoms. The van der Waals surface area contributed by atoms with Crippen LogP contribution in [0.3, 0.4) is 0 Å². The molecule has 0 amide bonds. The number of rotatable bonds is 1. The maximum absolute atomic E-state index is 13.9. The van der Waals surface area contributed by atoms with Crippen LogP contribution >= 0.6 is 0 Å². The predicted molar refractivity (Wildman–Crippen MR) is 61.3 cm³/mol. The third-order valence-electron chi connectivity index (χ3n) is 2.53. The minimum absolute atomic E-state index is 0.259.